The van der Waals surface area contributed by atoms with Gasteiger partial charge in [-0.3, -0.25) is 24.0 Å². The van der Waals surface area contributed by atoms with Gasteiger partial charge in [0.25, 0.3) is 0 Å². The van der Waals surface area contributed by atoms with Crippen LogP contribution in [0, 0.1) is 0 Å². The standard InChI is InChI=1S/C38H39N5O8S/c44-22-32-37(49)42-31(38(50)51)20-24-10-14-27(15-11-24)39-33(45)16-17-34(46)40-30(21-28-7-4-18-52-28)36(48)41-29(35(47)43-32)19-23-8-12-26(13-9-23)25-5-2-1-3-6-25/h1-15,18,29-32,44H,16-17,19-22H2,(H,39,45)(H,40,46)(H,41,48)(H,42,49)(H,43,47)(H,50,51)/t29-,30+,31+,32+/m0/s1. The van der Waals surface area contributed by atoms with Crippen molar-refractivity contribution in [2.75, 3.05) is 11.9 Å². The molecule has 52 heavy (non-hydrogen) atoms. The molecule has 1 aromatic heterocycles. The highest BCUT2D eigenvalue weighted by Crippen LogP contribution is 2.20. The zero-order chi connectivity index (χ0) is 37.0. The summed E-state index contributed by atoms with van der Waals surface area (Å²) in [5, 5.41) is 34.8. The molecule has 4 aromatic rings. The number of anilines is 1. The number of carboxylic acids is 1. The molecule has 0 unspecified atom stereocenters. The fourth-order valence-electron chi connectivity index (χ4n) is 5.64. The number of amides is 5. The van der Waals surface area contributed by atoms with Crippen LogP contribution in [-0.2, 0) is 48.0 Å². The van der Waals surface area contributed by atoms with E-state index in [0.717, 1.165) is 16.0 Å². The van der Waals surface area contributed by atoms with Gasteiger partial charge in [0.05, 0.1) is 6.61 Å². The third-order valence-corrected chi connectivity index (χ3v) is 9.36. The summed E-state index contributed by atoms with van der Waals surface area (Å²) in [6, 6.07) is 21.5. The van der Waals surface area contributed by atoms with E-state index in [9.17, 15) is 39.0 Å². The van der Waals surface area contributed by atoms with Crippen LogP contribution in [0.25, 0.3) is 11.1 Å². The van der Waals surface area contributed by atoms with E-state index in [2.05, 4.69) is 26.6 Å². The second-order valence-corrected chi connectivity index (χ2v) is 13.4. The van der Waals surface area contributed by atoms with Gasteiger partial charge >= 0.3 is 5.97 Å². The molecule has 270 valence electrons. The van der Waals surface area contributed by atoms with Crippen molar-refractivity contribution in [3.05, 3.63) is 112 Å². The first-order valence-corrected chi connectivity index (χ1v) is 17.6. The Hall–Kier alpha value is -5.86. The van der Waals surface area contributed by atoms with Crippen molar-refractivity contribution < 1.29 is 39.0 Å². The van der Waals surface area contributed by atoms with Gasteiger partial charge in [-0.05, 0) is 45.8 Å². The number of aliphatic carboxylic acids is 1. The largest absolute Gasteiger partial charge is 0.480 e. The van der Waals surface area contributed by atoms with Gasteiger partial charge in [0.1, 0.15) is 24.2 Å². The highest BCUT2D eigenvalue weighted by atomic mass is 32.1. The fraction of sp³-hybridized carbons (Fsp3) is 0.263. The molecule has 0 saturated heterocycles. The summed E-state index contributed by atoms with van der Waals surface area (Å²) >= 11 is 1.38. The number of aliphatic hydroxyl groups is 1. The third kappa shape index (κ3) is 10.6. The lowest BCUT2D eigenvalue weighted by Crippen LogP contribution is -2.59. The average molecular weight is 726 g/mol. The van der Waals surface area contributed by atoms with Crippen LogP contribution in [0.4, 0.5) is 5.69 Å². The predicted octanol–water partition coefficient (Wildman–Crippen LogP) is 2.19. The van der Waals surface area contributed by atoms with E-state index in [0.29, 0.717) is 16.8 Å². The zero-order valence-corrected chi connectivity index (χ0v) is 28.9. The Morgan fingerprint density at radius 1 is 0.654 bits per heavy atom. The summed E-state index contributed by atoms with van der Waals surface area (Å²) in [5.41, 5.74) is 3.51. The van der Waals surface area contributed by atoms with Gasteiger partial charge in [-0.25, -0.2) is 4.79 Å². The molecule has 4 atom stereocenters. The lowest BCUT2D eigenvalue weighted by Gasteiger charge is -2.25. The molecule has 2 aliphatic rings. The van der Waals surface area contributed by atoms with Crippen molar-refractivity contribution in [3.8, 4) is 11.1 Å². The van der Waals surface area contributed by atoms with Crippen molar-refractivity contribution >= 4 is 52.5 Å². The number of carbonyl (C=O) groups is 6. The number of aliphatic hydroxyl groups excluding tert-OH is 1. The number of hydrogen-bond acceptors (Lipinski definition) is 8. The van der Waals surface area contributed by atoms with Crippen LogP contribution in [0.2, 0.25) is 0 Å². The SMILES string of the molecule is O=C1CCC(=O)N[C@H](Cc2cccs2)C(=O)N[C@@H](Cc2ccc(-c3ccccc3)cc2)C(=O)N[C@H](CO)C(=O)N[C@@H](C(=O)O)Cc2ccc(cc2)N1. The topological polar surface area (TPSA) is 203 Å². The Bertz CT molecular complexity index is 1870. The highest BCUT2D eigenvalue weighted by molar-refractivity contribution is 7.09. The van der Waals surface area contributed by atoms with E-state index < -0.39 is 66.3 Å². The molecule has 2 bridgehead atoms. The minimum absolute atomic E-state index is 0.0280. The number of carbonyl (C=O) groups excluding carboxylic acids is 5. The molecule has 6 rings (SSSR count). The van der Waals surface area contributed by atoms with Crippen molar-refractivity contribution in [3.63, 3.8) is 0 Å². The Labute approximate surface area is 303 Å². The number of nitrogens with one attached hydrogen (secondary N) is 5. The van der Waals surface area contributed by atoms with E-state index >= 15 is 0 Å². The molecular formula is C38H39N5O8S. The fourth-order valence-corrected chi connectivity index (χ4v) is 6.39. The van der Waals surface area contributed by atoms with E-state index in [1.165, 1.54) is 11.3 Å². The first-order valence-electron chi connectivity index (χ1n) is 16.7. The normalized spacial score (nSPS) is 20.8. The molecule has 5 amide bonds. The minimum atomic E-state index is -1.55. The number of benzene rings is 3. The molecule has 3 heterocycles. The molecule has 13 nitrogen and oxygen atoms in total. The Balaban J connectivity index is 1.44. The summed E-state index contributed by atoms with van der Waals surface area (Å²) in [4.78, 5) is 79.6. The lowest BCUT2D eigenvalue weighted by molar-refractivity contribution is -0.142. The smallest absolute Gasteiger partial charge is 0.326 e. The molecule has 7 N–H and O–H groups in total. The first-order chi connectivity index (χ1) is 25.1. The van der Waals surface area contributed by atoms with Gasteiger partial charge < -0.3 is 36.8 Å². The maximum Gasteiger partial charge on any atom is 0.326 e. The molecule has 0 saturated carbocycles. The second-order valence-electron chi connectivity index (χ2n) is 12.3. The van der Waals surface area contributed by atoms with Crippen LogP contribution < -0.4 is 26.6 Å². The number of fused-ring (bicyclic) bond motifs is 18. The molecule has 0 radical (unpaired) electrons. The molecule has 3 aromatic carbocycles. The Morgan fingerprint density at radius 3 is 1.90 bits per heavy atom. The Kier molecular flexibility index (Phi) is 12.9. The third-order valence-electron chi connectivity index (χ3n) is 8.46. The van der Waals surface area contributed by atoms with Gasteiger partial charge in [-0.1, -0.05) is 72.8 Å². The minimum Gasteiger partial charge on any atom is -0.480 e. The van der Waals surface area contributed by atoms with Gasteiger partial charge in [0, 0.05) is 42.7 Å². The highest BCUT2D eigenvalue weighted by Gasteiger charge is 2.32. The second kappa shape index (κ2) is 17.9. The monoisotopic (exact) mass is 725 g/mol. The number of hydrogen-bond donors (Lipinski definition) is 7. The van der Waals surface area contributed by atoms with Crippen LogP contribution in [0.15, 0.2) is 96.4 Å². The summed E-state index contributed by atoms with van der Waals surface area (Å²) in [6.07, 6.45) is -0.459. The maximum atomic E-state index is 13.9. The predicted molar refractivity (Wildman–Crippen MR) is 194 cm³/mol. The Morgan fingerprint density at radius 2 is 1.27 bits per heavy atom. The first kappa shape index (κ1) is 37.4. The molecule has 14 heteroatoms. The number of carboxylic acid groups (broad SMARTS) is 1. The van der Waals surface area contributed by atoms with Crippen LogP contribution in [0.1, 0.15) is 28.8 Å². The van der Waals surface area contributed by atoms with E-state index in [1.54, 1.807) is 48.5 Å². The summed E-state index contributed by atoms with van der Waals surface area (Å²) in [6.45, 7) is -0.859. The van der Waals surface area contributed by atoms with Crippen molar-refractivity contribution in [2.45, 2.75) is 56.3 Å². The van der Waals surface area contributed by atoms with Crippen LogP contribution in [0.5, 0.6) is 0 Å². The van der Waals surface area contributed by atoms with E-state index in [4.69, 9.17) is 0 Å². The molecule has 2 aliphatic heterocycles. The molecule has 0 aliphatic carbocycles. The van der Waals surface area contributed by atoms with Gasteiger partial charge in [0.15, 0.2) is 0 Å². The zero-order valence-electron chi connectivity index (χ0n) is 28.0. The van der Waals surface area contributed by atoms with Crippen molar-refractivity contribution in [1.29, 1.82) is 0 Å². The van der Waals surface area contributed by atoms with Crippen molar-refractivity contribution in [1.82, 2.24) is 21.3 Å². The van der Waals surface area contributed by atoms with Gasteiger partial charge in [-0.2, -0.15) is 0 Å². The van der Waals surface area contributed by atoms with E-state index in [1.807, 2.05) is 47.8 Å². The van der Waals surface area contributed by atoms with Crippen LogP contribution in [-0.4, -0.2) is 76.5 Å². The average Bonchev–Trinajstić information content (AvgIpc) is 3.66. The quantitative estimate of drug-likeness (QED) is 0.141. The van der Waals surface area contributed by atoms with E-state index in [-0.39, 0.29) is 32.1 Å². The van der Waals surface area contributed by atoms with Crippen molar-refractivity contribution in [2.24, 2.45) is 0 Å². The van der Waals surface area contributed by atoms with Gasteiger partial charge in [0.2, 0.25) is 29.5 Å². The van der Waals surface area contributed by atoms with Crippen LogP contribution in [0.3, 0.4) is 0 Å². The van der Waals surface area contributed by atoms with Gasteiger partial charge in [-0.15, -0.1) is 11.3 Å². The van der Waals surface area contributed by atoms with Crippen LogP contribution >= 0.6 is 11.3 Å². The number of thiophene rings is 1. The molecule has 0 spiro atoms. The molecule has 0 fully saturated rings. The summed E-state index contributed by atoms with van der Waals surface area (Å²) in [7, 11) is 0. The number of rotatable bonds is 7. The maximum absolute atomic E-state index is 13.9. The summed E-state index contributed by atoms with van der Waals surface area (Å²) < 4.78 is 0. The lowest BCUT2D eigenvalue weighted by atomic mass is 9.99. The molecular weight excluding hydrogens is 687 g/mol. The summed E-state index contributed by atoms with van der Waals surface area (Å²) in [5.74, 6) is -4.80.